The van der Waals surface area contributed by atoms with Crippen LogP contribution < -0.4 is 5.43 Å². The van der Waals surface area contributed by atoms with Crippen molar-refractivity contribution in [3.05, 3.63) is 28.8 Å². The first-order valence-electron chi connectivity index (χ1n) is 7.89. The fourth-order valence-electron chi connectivity index (χ4n) is 1.89. The number of ether oxygens (including phenoxy) is 2. The number of benzene rings is 1. The maximum Gasteiger partial charge on any atom is 0.354 e. The summed E-state index contributed by atoms with van der Waals surface area (Å²) in [5, 5.41) is 4.61. The number of hydrogen-bond donors (Lipinski definition) is 1. The summed E-state index contributed by atoms with van der Waals surface area (Å²) >= 11 is 6.13. The van der Waals surface area contributed by atoms with Crippen LogP contribution in [0.3, 0.4) is 0 Å². The third kappa shape index (κ3) is 7.00. The van der Waals surface area contributed by atoms with Crippen molar-refractivity contribution in [3.8, 4) is 0 Å². The Kier molecular flexibility index (Phi) is 8.86. The Morgan fingerprint density at radius 1 is 1.17 bits per heavy atom. The highest BCUT2D eigenvalue weighted by molar-refractivity contribution is 6.36. The van der Waals surface area contributed by atoms with Crippen molar-refractivity contribution in [1.82, 2.24) is 0 Å². The molecule has 6 nitrogen and oxygen atoms in total. The molecule has 0 atom stereocenters. The van der Waals surface area contributed by atoms with Crippen molar-refractivity contribution in [3.63, 3.8) is 0 Å². The van der Waals surface area contributed by atoms with Crippen molar-refractivity contribution in [2.75, 3.05) is 18.6 Å². The normalized spacial score (nSPS) is 11.1. The van der Waals surface area contributed by atoms with Crippen molar-refractivity contribution < 1.29 is 19.1 Å². The van der Waals surface area contributed by atoms with Crippen LogP contribution in [0.15, 0.2) is 23.3 Å². The number of anilines is 1. The number of rotatable bonds is 9. The van der Waals surface area contributed by atoms with Crippen LogP contribution in [-0.2, 0) is 19.1 Å². The maximum absolute atomic E-state index is 12.0. The fourth-order valence-corrected chi connectivity index (χ4v) is 2.17. The standard InChI is InChI=1S/C17H23ClN2O4/c1-4-23-16(21)8-6-7-15(17(22)24-5-2)20-19-14-10-9-12(3)11-13(14)18/h9-11,19H,4-8H2,1-3H3/b20-15+. The average Bonchev–Trinajstić information content (AvgIpc) is 2.52. The van der Waals surface area contributed by atoms with Crippen LogP contribution in [0, 0.1) is 6.92 Å². The van der Waals surface area contributed by atoms with E-state index in [2.05, 4.69) is 10.5 Å². The first-order valence-corrected chi connectivity index (χ1v) is 8.27. The van der Waals surface area contributed by atoms with Crippen LogP contribution in [0.25, 0.3) is 0 Å². The number of carbonyl (C=O) groups is 2. The number of halogens is 1. The number of carbonyl (C=O) groups excluding carboxylic acids is 2. The Morgan fingerprint density at radius 3 is 2.50 bits per heavy atom. The van der Waals surface area contributed by atoms with E-state index in [0.717, 1.165) is 5.56 Å². The molecule has 0 aliphatic heterocycles. The van der Waals surface area contributed by atoms with Crippen LogP contribution >= 0.6 is 11.6 Å². The van der Waals surface area contributed by atoms with E-state index >= 15 is 0 Å². The molecule has 0 aliphatic carbocycles. The molecule has 0 saturated carbocycles. The van der Waals surface area contributed by atoms with Gasteiger partial charge < -0.3 is 9.47 Å². The zero-order valence-corrected chi connectivity index (χ0v) is 15.0. The van der Waals surface area contributed by atoms with Gasteiger partial charge in [-0.15, -0.1) is 0 Å². The molecule has 1 rings (SSSR count). The molecule has 7 heteroatoms. The molecule has 132 valence electrons. The first-order chi connectivity index (χ1) is 11.5. The van der Waals surface area contributed by atoms with Gasteiger partial charge in [0, 0.05) is 6.42 Å². The SMILES string of the molecule is CCOC(=O)CCC/C(=N\Nc1ccc(C)cc1Cl)C(=O)OCC. The van der Waals surface area contributed by atoms with Gasteiger partial charge in [-0.1, -0.05) is 17.7 Å². The lowest BCUT2D eigenvalue weighted by Gasteiger charge is -2.08. The molecule has 0 fully saturated rings. The highest BCUT2D eigenvalue weighted by Crippen LogP contribution is 2.22. The molecule has 0 saturated heterocycles. The van der Waals surface area contributed by atoms with E-state index < -0.39 is 5.97 Å². The lowest BCUT2D eigenvalue weighted by atomic mass is 10.1. The van der Waals surface area contributed by atoms with Crippen LogP contribution in [0.1, 0.15) is 38.7 Å². The number of hydrazone groups is 1. The van der Waals surface area contributed by atoms with Crippen LogP contribution in [0.4, 0.5) is 5.69 Å². The van der Waals surface area contributed by atoms with Gasteiger partial charge in [0.2, 0.25) is 0 Å². The van der Waals surface area contributed by atoms with Gasteiger partial charge >= 0.3 is 11.9 Å². The van der Waals surface area contributed by atoms with E-state index in [4.69, 9.17) is 21.1 Å². The zero-order chi connectivity index (χ0) is 17.9. The quantitative estimate of drug-likeness (QED) is 0.415. The second kappa shape index (κ2) is 10.6. The second-order valence-corrected chi connectivity index (χ2v) is 5.44. The highest BCUT2D eigenvalue weighted by Gasteiger charge is 2.14. The summed E-state index contributed by atoms with van der Waals surface area (Å²) in [6.45, 7) is 5.99. The van der Waals surface area contributed by atoms with Gasteiger partial charge in [0.1, 0.15) is 5.71 Å². The minimum atomic E-state index is -0.517. The summed E-state index contributed by atoms with van der Waals surface area (Å²) in [7, 11) is 0. The molecule has 1 aromatic carbocycles. The second-order valence-electron chi connectivity index (χ2n) is 5.03. The van der Waals surface area contributed by atoms with Crippen LogP contribution in [0.5, 0.6) is 0 Å². The van der Waals surface area contributed by atoms with Gasteiger partial charge in [-0.05, 0) is 51.3 Å². The molecule has 0 radical (unpaired) electrons. The van der Waals surface area contributed by atoms with E-state index in [0.29, 0.717) is 30.2 Å². The van der Waals surface area contributed by atoms with Gasteiger partial charge in [0.05, 0.1) is 23.9 Å². The minimum absolute atomic E-state index is 0.206. The smallest absolute Gasteiger partial charge is 0.354 e. The van der Waals surface area contributed by atoms with Crippen molar-refractivity contribution in [2.24, 2.45) is 5.10 Å². The molecular formula is C17H23ClN2O4. The molecule has 24 heavy (non-hydrogen) atoms. The van der Waals surface area contributed by atoms with Crippen molar-refractivity contribution in [1.29, 1.82) is 0 Å². The first kappa shape index (κ1) is 20.0. The number of aryl methyl sites for hydroxylation is 1. The molecule has 0 aliphatic rings. The molecule has 0 heterocycles. The van der Waals surface area contributed by atoms with Gasteiger partial charge in [-0.25, -0.2) is 4.79 Å². The summed E-state index contributed by atoms with van der Waals surface area (Å²) in [6, 6.07) is 5.46. The van der Waals surface area contributed by atoms with Crippen LogP contribution in [-0.4, -0.2) is 30.9 Å². The molecule has 0 bridgehead atoms. The number of esters is 2. The Hall–Kier alpha value is -2.08. The average molecular weight is 355 g/mol. The molecule has 0 spiro atoms. The number of nitrogens with zero attached hydrogens (tertiary/aromatic N) is 1. The highest BCUT2D eigenvalue weighted by atomic mass is 35.5. The van der Waals surface area contributed by atoms with E-state index in [1.165, 1.54) is 0 Å². The van der Waals surface area contributed by atoms with Crippen molar-refractivity contribution >= 4 is 34.9 Å². The van der Waals surface area contributed by atoms with Gasteiger partial charge in [-0.3, -0.25) is 10.2 Å². The molecule has 0 aromatic heterocycles. The summed E-state index contributed by atoms with van der Waals surface area (Å²) < 4.78 is 9.85. The predicted molar refractivity (Wildman–Crippen MR) is 94.4 cm³/mol. The molecule has 1 N–H and O–H groups in total. The summed E-state index contributed by atoms with van der Waals surface area (Å²) in [6.07, 6.45) is 0.964. The van der Waals surface area contributed by atoms with Gasteiger partial charge in [0.15, 0.2) is 0 Å². The topological polar surface area (TPSA) is 77.0 Å². The lowest BCUT2D eigenvalue weighted by Crippen LogP contribution is -2.19. The number of nitrogens with one attached hydrogen (secondary N) is 1. The largest absolute Gasteiger partial charge is 0.466 e. The predicted octanol–water partition coefficient (Wildman–Crippen LogP) is 3.71. The van der Waals surface area contributed by atoms with E-state index in [9.17, 15) is 9.59 Å². The summed E-state index contributed by atoms with van der Waals surface area (Å²) in [5.74, 6) is -0.813. The van der Waals surface area contributed by atoms with E-state index in [1.807, 2.05) is 13.0 Å². The molecule has 1 aromatic rings. The van der Waals surface area contributed by atoms with Crippen molar-refractivity contribution in [2.45, 2.75) is 40.0 Å². The van der Waals surface area contributed by atoms with E-state index in [-0.39, 0.29) is 24.7 Å². The monoisotopic (exact) mass is 354 g/mol. The Bertz CT molecular complexity index is 602. The van der Waals surface area contributed by atoms with Crippen LogP contribution in [0.2, 0.25) is 5.02 Å². The summed E-state index contributed by atoms with van der Waals surface area (Å²) in [4.78, 5) is 23.3. The van der Waals surface area contributed by atoms with E-state index in [1.54, 1.807) is 26.0 Å². The fraction of sp³-hybridized carbons (Fsp3) is 0.471. The molecular weight excluding hydrogens is 332 g/mol. The molecule has 0 amide bonds. The third-order valence-corrected chi connectivity index (χ3v) is 3.36. The number of hydrogen-bond acceptors (Lipinski definition) is 6. The molecule has 0 unspecified atom stereocenters. The Labute approximate surface area is 147 Å². The lowest BCUT2D eigenvalue weighted by molar-refractivity contribution is -0.143. The third-order valence-electron chi connectivity index (χ3n) is 3.05. The van der Waals surface area contributed by atoms with Gasteiger partial charge in [-0.2, -0.15) is 5.10 Å². The summed E-state index contributed by atoms with van der Waals surface area (Å²) in [5.41, 5.74) is 4.60. The minimum Gasteiger partial charge on any atom is -0.466 e. The zero-order valence-electron chi connectivity index (χ0n) is 14.2. The maximum atomic E-state index is 12.0. The Morgan fingerprint density at radius 2 is 1.88 bits per heavy atom. The Balaban J connectivity index is 2.73. The van der Waals surface area contributed by atoms with Gasteiger partial charge in [0.25, 0.3) is 0 Å².